The molecule has 0 aliphatic carbocycles. The predicted octanol–water partition coefficient (Wildman–Crippen LogP) is 2.08. The summed E-state index contributed by atoms with van der Waals surface area (Å²) in [5.41, 5.74) is 5.30. The van der Waals surface area contributed by atoms with Crippen LogP contribution in [0, 0.1) is 20.8 Å². The highest BCUT2D eigenvalue weighted by atomic mass is 16.3. The summed E-state index contributed by atoms with van der Waals surface area (Å²) in [5.74, 6) is 0. The second-order valence-corrected chi connectivity index (χ2v) is 4.34. The summed E-state index contributed by atoms with van der Waals surface area (Å²) in [6.45, 7) is 9.67. The van der Waals surface area contributed by atoms with Crippen molar-refractivity contribution in [3.05, 3.63) is 34.4 Å². The number of aryl methyl sites for hydroxylation is 3. The van der Waals surface area contributed by atoms with Gasteiger partial charge in [0.05, 0.1) is 6.10 Å². The molecule has 0 saturated carbocycles. The molecule has 1 aromatic carbocycles. The molecule has 1 atom stereocenters. The third-order valence-corrected chi connectivity index (χ3v) is 2.71. The molecule has 0 bridgehead atoms. The third kappa shape index (κ3) is 3.65. The monoisotopic (exact) mass is 207 g/mol. The van der Waals surface area contributed by atoms with E-state index in [1.165, 1.54) is 22.3 Å². The van der Waals surface area contributed by atoms with Gasteiger partial charge in [-0.2, -0.15) is 0 Å². The maximum atomic E-state index is 9.14. The molecule has 15 heavy (non-hydrogen) atoms. The first-order valence-electron chi connectivity index (χ1n) is 5.46. The number of aliphatic hydroxyl groups is 1. The van der Waals surface area contributed by atoms with Gasteiger partial charge in [-0.15, -0.1) is 0 Å². The number of hydrogen-bond acceptors (Lipinski definition) is 2. The lowest BCUT2D eigenvalue weighted by atomic mass is 10.0. The van der Waals surface area contributed by atoms with Gasteiger partial charge < -0.3 is 10.4 Å². The molecule has 2 nitrogen and oxygen atoms in total. The maximum Gasteiger partial charge on any atom is 0.0636 e. The Bertz CT molecular complexity index is 332. The van der Waals surface area contributed by atoms with Crippen LogP contribution in [0.4, 0.5) is 0 Å². The van der Waals surface area contributed by atoms with Crippen LogP contribution < -0.4 is 5.32 Å². The molecule has 0 spiro atoms. The zero-order valence-corrected chi connectivity index (χ0v) is 10.1. The molecule has 0 unspecified atom stereocenters. The van der Waals surface area contributed by atoms with Crippen LogP contribution in [0.25, 0.3) is 0 Å². The van der Waals surface area contributed by atoms with Crippen molar-refractivity contribution in [1.29, 1.82) is 0 Å². The number of rotatable bonds is 4. The van der Waals surface area contributed by atoms with Crippen molar-refractivity contribution in [2.45, 2.75) is 40.3 Å². The topological polar surface area (TPSA) is 32.3 Å². The fraction of sp³-hybridized carbons (Fsp3) is 0.538. The van der Waals surface area contributed by atoms with Crippen LogP contribution in [0.1, 0.15) is 29.2 Å². The van der Waals surface area contributed by atoms with Gasteiger partial charge >= 0.3 is 0 Å². The molecular weight excluding hydrogens is 186 g/mol. The average molecular weight is 207 g/mol. The van der Waals surface area contributed by atoms with Gasteiger partial charge in [-0.25, -0.2) is 0 Å². The molecule has 0 amide bonds. The molecule has 0 heterocycles. The van der Waals surface area contributed by atoms with Gasteiger partial charge in [0.25, 0.3) is 0 Å². The molecule has 2 heteroatoms. The van der Waals surface area contributed by atoms with Crippen LogP contribution in [0.2, 0.25) is 0 Å². The van der Waals surface area contributed by atoms with Crippen molar-refractivity contribution in [3.63, 3.8) is 0 Å². The van der Waals surface area contributed by atoms with E-state index in [0.29, 0.717) is 6.54 Å². The van der Waals surface area contributed by atoms with Crippen molar-refractivity contribution in [3.8, 4) is 0 Å². The van der Waals surface area contributed by atoms with Crippen molar-refractivity contribution >= 4 is 0 Å². The molecular formula is C13H21NO. The lowest BCUT2D eigenvalue weighted by Gasteiger charge is -2.11. The molecule has 0 fully saturated rings. The molecule has 0 aliphatic rings. The lowest BCUT2D eigenvalue weighted by Crippen LogP contribution is -2.24. The zero-order valence-electron chi connectivity index (χ0n) is 10.1. The molecule has 1 aromatic rings. The van der Waals surface area contributed by atoms with Crippen LogP contribution >= 0.6 is 0 Å². The number of nitrogens with one attached hydrogen (secondary N) is 1. The average Bonchev–Trinajstić information content (AvgIpc) is 2.13. The second-order valence-electron chi connectivity index (χ2n) is 4.34. The van der Waals surface area contributed by atoms with Crippen LogP contribution in [0.5, 0.6) is 0 Å². The fourth-order valence-corrected chi connectivity index (χ4v) is 1.63. The summed E-state index contributed by atoms with van der Waals surface area (Å²) in [6, 6.07) is 4.44. The Morgan fingerprint density at radius 3 is 2.33 bits per heavy atom. The molecule has 0 saturated heterocycles. The van der Waals surface area contributed by atoms with E-state index in [4.69, 9.17) is 5.11 Å². The highest BCUT2D eigenvalue weighted by molar-refractivity contribution is 5.36. The quantitative estimate of drug-likeness (QED) is 0.792. The Balaban J connectivity index is 2.65. The van der Waals surface area contributed by atoms with E-state index in [-0.39, 0.29) is 6.10 Å². The standard InChI is InChI=1S/C13H21NO/c1-9-5-11(3)13(6-10(9)2)8-14-7-12(4)15/h5-6,12,14-15H,7-8H2,1-4H3/t12-/m0/s1. The predicted molar refractivity (Wildman–Crippen MR) is 64.0 cm³/mol. The number of benzene rings is 1. The minimum atomic E-state index is -0.281. The highest BCUT2D eigenvalue weighted by Gasteiger charge is 2.02. The summed E-state index contributed by atoms with van der Waals surface area (Å²) < 4.78 is 0. The van der Waals surface area contributed by atoms with Gasteiger partial charge in [-0.3, -0.25) is 0 Å². The summed E-state index contributed by atoms with van der Waals surface area (Å²) in [4.78, 5) is 0. The molecule has 84 valence electrons. The van der Waals surface area contributed by atoms with Gasteiger partial charge in [0.2, 0.25) is 0 Å². The lowest BCUT2D eigenvalue weighted by molar-refractivity contribution is 0.191. The minimum absolute atomic E-state index is 0.281. The van der Waals surface area contributed by atoms with E-state index in [2.05, 4.69) is 38.2 Å². The first-order chi connectivity index (χ1) is 7.00. The normalized spacial score (nSPS) is 12.9. The molecule has 0 aliphatic heterocycles. The zero-order chi connectivity index (χ0) is 11.4. The summed E-state index contributed by atoms with van der Waals surface area (Å²) >= 11 is 0. The molecule has 0 aromatic heterocycles. The van der Waals surface area contributed by atoms with E-state index in [0.717, 1.165) is 6.54 Å². The Kier molecular flexibility index (Phi) is 4.30. The van der Waals surface area contributed by atoms with E-state index in [1.807, 2.05) is 0 Å². The van der Waals surface area contributed by atoms with Crippen molar-refractivity contribution in [2.75, 3.05) is 6.54 Å². The highest BCUT2D eigenvalue weighted by Crippen LogP contribution is 2.14. The summed E-state index contributed by atoms with van der Waals surface area (Å²) in [5, 5.41) is 12.4. The van der Waals surface area contributed by atoms with Gasteiger partial charge in [0.1, 0.15) is 0 Å². The Morgan fingerprint density at radius 2 is 1.73 bits per heavy atom. The van der Waals surface area contributed by atoms with Crippen LogP contribution in [0.3, 0.4) is 0 Å². The summed E-state index contributed by atoms with van der Waals surface area (Å²) in [7, 11) is 0. The molecule has 2 N–H and O–H groups in total. The Labute approximate surface area is 92.3 Å². The third-order valence-electron chi connectivity index (χ3n) is 2.71. The summed E-state index contributed by atoms with van der Waals surface area (Å²) in [6.07, 6.45) is -0.281. The first kappa shape index (κ1) is 12.2. The number of aliphatic hydroxyl groups excluding tert-OH is 1. The smallest absolute Gasteiger partial charge is 0.0636 e. The fourth-order valence-electron chi connectivity index (χ4n) is 1.63. The van der Waals surface area contributed by atoms with Gasteiger partial charge in [-0.05, 0) is 49.9 Å². The largest absolute Gasteiger partial charge is 0.392 e. The van der Waals surface area contributed by atoms with Crippen molar-refractivity contribution in [1.82, 2.24) is 5.32 Å². The van der Waals surface area contributed by atoms with Crippen LogP contribution in [-0.2, 0) is 6.54 Å². The van der Waals surface area contributed by atoms with Gasteiger partial charge in [0.15, 0.2) is 0 Å². The SMILES string of the molecule is Cc1cc(C)c(CNC[C@H](C)O)cc1C. The van der Waals surface area contributed by atoms with Crippen LogP contribution in [-0.4, -0.2) is 17.8 Å². The Hall–Kier alpha value is -0.860. The minimum Gasteiger partial charge on any atom is -0.392 e. The van der Waals surface area contributed by atoms with E-state index in [9.17, 15) is 0 Å². The van der Waals surface area contributed by atoms with Crippen molar-refractivity contribution in [2.24, 2.45) is 0 Å². The second kappa shape index (κ2) is 5.29. The van der Waals surface area contributed by atoms with Gasteiger partial charge in [-0.1, -0.05) is 12.1 Å². The van der Waals surface area contributed by atoms with E-state index >= 15 is 0 Å². The maximum absolute atomic E-state index is 9.14. The first-order valence-corrected chi connectivity index (χ1v) is 5.46. The van der Waals surface area contributed by atoms with Crippen molar-refractivity contribution < 1.29 is 5.11 Å². The van der Waals surface area contributed by atoms with Crippen LogP contribution in [0.15, 0.2) is 12.1 Å². The number of hydrogen-bond donors (Lipinski definition) is 2. The van der Waals surface area contributed by atoms with Gasteiger partial charge in [0, 0.05) is 13.1 Å². The molecule has 1 rings (SSSR count). The Morgan fingerprint density at radius 1 is 1.13 bits per heavy atom. The van der Waals surface area contributed by atoms with E-state index in [1.54, 1.807) is 6.92 Å². The molecule has 0 radical (unpaired) electrons. The van der Waals surface area contributed by atoms with E-state index < -0.39 is 0 Å².